The van der Waals surface area contributed by atoms with E-state index in [1.165, 1.54) is 0 Å². The van der Waals surface area contributed by atoms with Crippen LogP contribution in [0.25, 0.3) is 0 Å². The number of hydrogen-bond acceptors (Lipinski definition) is 4. The highest BCUT2D eigenvalue weighted by Crippen LogP contribution is 2.21. The fraction of sp³-hybridized carbons (Fsp3) is 0.429. The summed E-state index contributed by atoms with van der Waals surface area (Å²) in [6, 6.07) is 7.72. The molecule has 1 aromatic carbocycles. The van der Waals surface area contributed by atoms with Crippen LogP contribution in [-0.4, -0.2) is 33.1 Å². The number of methoxy groups -OCH3 is 1. The number of aryl methyl sites for hydroxylation is 1. The van der Waals surface area contributed by atoms with Gasteiger partial charge in [0, 0.05) is 31.5 Å². The number of nitriles is 1. The summed E-state index contributed by atoms with van der Waals surface area (Å²) in [6.45, 7) is 3.98. The molecule has 0 amide bonds. The molecule has 0 spiro atoms. The van der Waals surface area contributed by atoms with E-state index in [1.54, 1.807) is 13.2 Å². The molecule has 1 rings (SSSR count). The number of benzene rings is 1. The molecule has 0 aliphatic carbocycles. The average molecular weight is 246 g/mol. The molecule has 0 N–H and O–H groups in total. The van der Waals surface area contributed by atoms with Crippen molar-refractivity contribution in [1.29, 1.82) is 5.26 Å². The van der Waals surface area contributed by atoms with Crippen LogP contribution in [0.15, 0.2) is 18.2 Å². The number of ether oxygens (including phenoxy) is 1. The van der Waals surface area contributed by atoms with Crippen molar-refractivity contribution < 1.29 is 9.53 Å². The van der Waals surface area contributed by atoms with Gasteiger partial charge in [0.15, 0.2) is 0 Å². The van der Waals surface area contributed by atoms with E-state index in [-0.39, 0.29) is 0 Å². The number of carbonyl (C=O) groups excluding carboxylic acids is 1. The maximum absolute atomic E-state index is 10.7. The van der Waals surface area contributed by atoms with Crippen molar-refractivity contribution in [2.24, 2.45) is 0 Å². The lowest BCUT2D eigenvalue weighted by molar-refractivity contribution is 0.112. The molecule has 18 heavy (non-hydrogen) atoms. The summed E-state index contributed by atoms with van der Waals surface area (Å²) >= 11 is 0. The summed E-state index contributed by atoms with van der Waals surface area (Å²) in [5, 5.41) is 8.68. The Kier molecular flexibility index (Phi) is 5.89. The van der Waals surface area contributed by atoms with Crippen LogP contribution in [0.4, 0.5) is 5.69 Å². The fourth-order valence-electron chi connectivity index (χ4n) is 1.85. The SMILES string of the molecule is COCCN(CCC#N)c1ccc(C=O)cc1C. The third kappa shape index (κ3) is 3.86. The van der Waals surface area contributed by atoms with Crippen molar-refractivity contribution in [3.05, 3.63) is 29.3 Å². The predicted molar refractivity (Wildman–Crippen MR) is 70.9 cm³/mol. The number of aldehydes is 1. The van der Waals surface area contributed by atoms with E-state index in [4.69, 9.17) is 10.00 Å². The Morgan fingerprint density at radius 2 is 2.22 bits per heavy atom. The van der Waals surface area contributed by atoms with Crippen LogP contribution in [0.1, 0.15) is 22.3 Å². The minimum absolute atomic E-state index is 0.471. The zero-order valence-electron chi connectivity index (χ0n) is 10.8. The molecule has 0 aliphatic rings. The highest BCUT2D eigenvalue weighted by atomic mass is 16.5. The third-order valence-corrected chi connectivity index (χ3v) is 2.76. The maximum atomic E-state index is 10.7. The second kappa shape index (κ2) is 7.46. The molecule has 0 aliphatic heterocycles. The van der Waals surface area contributed by atoms with E-state index in [0.717, 1.165) is 24.1 Å². The van der Waals surface area contributed by atoms with Gasteiger partial charge in [-0.25, -0.2) is 0 Å². The minimum atomic E-state index is 0.471. The predicted octanol–water partition coefficient (Wildman–Crippen LogP) is 2.17. The minimum Gasteiger partial charge on any atom is -0.383 e. The molecule has 0 atom stereocenters. The first kappa shape index (κ1) is 14.2. The first-order chi connectivity index (χ1) is 8.72. The summed E-state index contributed by atoms with van der Waals surface area (Å²) in [5.74, 6) is 0. The van der Waals surface area contributed by atoms with Crippen LogP contribution in [0.5, 0.6) is 0 Å². The van der Waals surface area contributed by atoms with Gasteiger partial charge in [0.25, 0.3) is 0 Å². The Bertz CT molecular complexity index is 438. The molecule has 0 radical (unpaired) electrons. The zero-order valence-corrected chi connectivity index (χ0v) is 10.8. The van der Waals surface area contributed by atoms with Gasteiger partial charge in [0.1, 0.15) is 6.29 Å². The lowest BCUT2D eigenvalue weighted by Gasteiger charge is -2.25. The van der Waals surface area contributed by atoms with Gasteiger partial charge in [-0.15, -0.1) is 0 Å². The molecule has 0 unspecified atom stereocenters. The number of hydrogen-bond donors (Lipinski definition) is 0. The number of nitrogens with zero attached hydrogens (tertiary/aromatic N) is 2. The van der Waals surface area contributed by atoms with Gasteiger partial charge in [-0.3, -0.25) is 4.79 Å². The first-order valence-electron chi connectivity index (χ1n) is 5.89. The normalized spacial score (nSPS) is 9.83. The molecule has 4 nitrogen and oxygen atoms in total. The van der Waals surface area contributed by atoms with Crippen molar-refractivity contribution >= 4 is 12.0 Å². The molecule has 0 saturated carbocycles. The summed E-state index contributed by atoms with van der Waals surface area (Å²) in [5.41, 5.74) is 2.75. The lowest BCUT2D eigenvalue weighted by Crippen LogP contribution is -2.28. The van der Waals surface area contributed by atoms with Crippen LogP contribution in [-0.2, 0) is 4.74 Å². The van der Waals surface area contributed by atoms with Crippen LogP contribution in [0, 0.1) is 18.3 Å². The Labute approximate surface area is 108 Å². The first-order valence-corrected chi connectivity index (χ1v) is 5.89. The second-order valence-electron chi connectivity index (χ2n) is 4.05. The van der Waals surface area contributed by atoms with Crippen molar-refractivity contribution in [3.63, 3.8) is 0 Å². The summed E-state index contributed by atoms with van der Waals surface area (Å²) in [6.07, 6.45) is 1.31. The Hall–Kier alpha value is -1.86. The van der Waals surface area contributed by atoms with Crippen molar-refractivity contribution in [2.75, 3.05) is 31.7 Å². The zero-order chi connectivity index (χ0) is 13.4. The van der Waals surface area contributed by atoms with Crippen molar-refractivity contribution in [2.45, 2.75) is 13.3 Å². The van der Waals surface area contributed by atoms with Gasteiger partial charge in [0.05, 0.1) is 19.1 Å². The smallest absolute Gasteiger partial charge is 0.150 e. The standard InChI is InChI=1S/C14H18N2O2/c1-12-10-13(11-17)4-5-14(12)16(7-3-6-15)8-9-18-2/h4-5,10-11H,3,7-9H2,1-2H3. The van der Waals surface area contributed by atoms with Crippen LogP contribution in [0.3, 0.4) is 0 Å². The molecule has 0 aromatic heterocycles. The summed E-state index contributed by atoms with van der Waals surface area (Å²) in [7, 11) is 1.66. The molecule has 0 heterocycles. The third-order valence-electron chi connectivity index (χ3n) is 2.76. The highest BCUT2D eigenvalue weighted by Gasteiger charge is 2.09. The van der Waals surface area contributed by atoms with E-state index >= 15 is 0 Å². The molecule has 0 bridgehead atoms. The Morgan fingerprint density at radius 1 is 1.44 bits per heavy atom. The average Bonchev–Trinajstić information content (AvgIpc) is 2.39. The molecular formula is C14H18N2O2. The van der Waals surface area contributed by atoms with E-state index in [2.05, 4.69) is 11.0 Å². The fourth-order valence-corrected chi connectivity index (χ4v) is 1.85. The number of anilines is 1. The molecule has 0 saturated heterocycles. The Morgan fingerprint density at radius 3 is 2.78 bits per heavy atom. The van der Waals surface area contributed by atoms with Gasteiger partial charge in [-0.2, -0.15) is 5.26 Å². The Balaban J connectivity index is 2.89. The lowest BCUT2D eigenvalue weighted by atomic mass is 10.1. The van der Waals surface area contributed by atoms with Gasteiger partial charge in [-0.05, 0) is 30.7 Å². The van der Waals surface area contributed by atoms with Crippen molar-refractivity contribution in [1.82, 2.24) is 0 Å². The maximum Gasteiger partial charge on any atom is 0.150 e. The monoisotopic (exact) mass is 246 g/mol. The largest absolute Gasteiger partial charge is 0.383 e. The van der Waals surface area contributed by atoms with E-state index in [0.29, 0.717) is 25.1 Å². The van der Waals surface area contributed by atoms with E-state index in [1.807, 2.05) is 19.1 Å². The van der Waals surface area contributed by atoms with Gasteiger partial charge in [-0.1, -0.05) is 0 Å². The molecule has 96 valence electrons. The summed E-state index contributed by atoms with van der Waals surface area (Å²) in [4.78, 5) is 12.8. The van der Waals surface area contributed by atoms with Gasteiger partial charge < -0.3 is 9.64 Å². The number of rotatable bonds is 7. The second-order valence-corrected chi connectivity index (χ2v) is 4.05. The van der Waals surface area contributed by atoms with Gasteiger partial charge in [0.2, 0.25) is 0 Å². The van der Waals surface area contributed by atoms with E-state index in [9.17, 15) is 4.79 Å². The number of carbonyl (C=O) groups is 1. The van der Waals surface area contributed by atoms with E-state index < -0.39 is 0 Å². The van der Waals surface area contributed by atoms with Gasteiger partial charge >= 0.3 is 0 Å². The van der Waals surface area contributed by atoms with Crippen molar-refractivity contribution in [3.8, 4) is 6.07 Å². The molecule has 0 fully saturated rings. The topological polar surface area (TPSA) is 53.3 Å². The van der Waals surface area contributed by atoms with Crippen LogP contribution < -0.4 is 4.90 Å². The quantitative estimate of drug-likeness (QED) is 0.692. The molecule has 1 aromatic rings. The molecular weight excluding hydrogens is 228 g/mol. The summed E-state index contributed by atoms with van der Waals surface area (Å²) < 4.78 is 5.08. The molecule has 4 heteroatoms. The van der Waals surface area contributed by atoms with Crippen LogP contribution in [0.2, 0.25) is 0 Å². The highest BCUT2D eigenvalue weighted by molar-refractivity contribution is 5.77. The van der Waals surface area contributed by atoms with Crippen LogP contribution >= 0.6 is 0 Å².